The van der Waals surface area contributed by atoms with Crippen molar-refractivity contribution in [1.29, 1.82) is 0 Å². The maximum atomic E-state index is 13.9. The summed E-state index contributed by atoms with van der Waals surface area (Å²) in [5.74, 6) is -6.39. The van der Waals surface area contributed by atoms with Gasteiger partial charge in [-0.05, 0) is 31.0 Å². The van der Waals surface area contributed by atoms with Crippen molar-refractivity contribution in [3.05, 3.63) is 46.2 Å². The SMILES string of the molecule is Cn1nc(C(F)(F)C(F)(F)F)c(C(F)(F)F)c1-c1cnn(-c2ccc(Cl)c(C(=O)NC3CC3)c2)n1. The smallest absolute Gasteiger partial charge is 0.349 e. The second-order valence-corrected chi connectivity index (χ2v) is 8.10. The lowest BCUT2D eigenvalue weighted by Crippen LogP contribution is -2.36. The molecule has 0 aliphatic heterocycles. The largest absolute Gasteiger partial charge is 0.459 e. The molecule has 1 aromatic carbocycles. The maximum absolute atomic E-state index is 13.9. The van der Waals surface area contributed by atoms with Crippen LogP contribution in [-0.4, -0.2) is 42.9 Å². The number of nitrogens with one attached hydrogen (secondary N) is 1. The first-order valence-electron chi connectivity index (χ1n) is 9.74. The number of carbonyl (C=O) groups excluding carboxylic acids is 1. The Hall–Kier alpha value is -3.23. The van der Waals surface area contributed by atoms with Gasteiger partial charge in [-0.25, -0.2) is 0 Å². The van der Waals surface area contributed by atoms with Crippen molar-refractivity contribution in [2.24, 2.45) is 7.05 Å². The van der Waals surface area contributed by atoms with Crippen LogP contribution >= 0.6 is 11.6 Å². The molecule has 3 aromatic rings. The average molecular weight is 529 g/mol. The third kappa shape index (κ3) is 4.56. The van der Waals surface area contributed by atoms with Crippen molar-refractivity contribution < 1.29 is 39.9 Å². The standard InChI is InChI=1S/C19H13ClF8N6O/c1-33-14(13(18(23,24)25)15(32-33)17(21,22)19(26,27)28)12-7-29-34(31-12)9-4-5-11(20)10(6-9)16(35)30-8-2-3-8/h4-8H,2-3H2,1H3,(H,30,35). The molecular formula is C19H13ClF8N6O. The molecule has 4 rings (SSSR count). The van der Waals surface area contributed by atoms with E-state index in [9.17, 15) is 39.9 Å². The second-order valence-electron chi connectivity index (χ2n) is 7.70. The number of halogens is 9. The minimum Gasteiger partial charge on any atom is -0.349 e. The molecule has 1 amide bonds. The number of nitrogens with zero attached hydrogens (tertiary/aromatic N) is 5. The Morgan fingerprint density at radius 1 is 1.09 bits per heavy atom. The number of aryl methyl sites for hydroxylation is 1. The van der Waals surface area contributed by atoms with Crippen LogP contribution in [0, 0.1) is 0 Å². The van der Waals surface area contributed by atoms with Crippen LogP contribution in [0.5, 0.6) is 0 Å². The molecular weight excluding hydrogens is 516 g/mol. The second kappa shape index (κ2) is 8.17. The van der Waals surface area contributed by atoms with E-state index in [0.717, 1.165) is 30.9 Å². The van der Waals surface area contributed by atoms with E-state index < -0.39 is 46.8 Å². The van der Waals surface area contributed by atoms with Gasteiger partial charge in [0.1, 0.15) is 17.0 Å². The highest BCUT2D eigenvalue weighted by molar-refractivity contribution is 6.33. The van der Waals surface area contributed by atoms with Gasteiger partial charge in [-0.15, -0.1) is 5.10 Å². The highest BCUT2D eigenvalue weighted by Crippen LogP contribution is 2.50. The summed E-state index contributed by atoms with van der Waals surface area (Å²) in [4.78, 5) is 13.1. The van der Waals surface area contributed by atoms with Crippen molar-refractivity contribution in [3.63, 3.8) is 0 Å². The normalized spacial score (nSPS) is 14.9. The summed E-state index contributed by atoms with van der Waals surface area (Å²) >= 11 is 6.05. The summed E-state index contributed by atoms with van der Waals surface area (Å²) in [6.45, 7) is 0. The lowest BCUT2D eigenvalue weighted by molar-refractivity contribution is -0.292. The van der Waals surface area contributed by atoms with E-state index in [2.05, 4.69) is 20.6 Å². The van der Waals surface area contributed by atoms with Gasteiger partial charge in [-0.3, -0.25) is 9.48 Å². The number of benzene rings is 1. The zero-order valence-electron chi connectivity index (χ0n) is 17.3. The molecule has 0 radical (unpaired) electrons. The van der Waals surface area contributed by atoms with Gasteiger partial charge in [0.25, 0.3) is 5.91 Å². The lowest BCUT2D eigenvalue weighted by Gasteiger charge is -2.19. The summed E-state index contributed by atoms with van der Waals surface area (Å²) in [5.41, 5.74) is -6.54. The van der Waals surface area contributed by atoms with Crippen LogP contribution in [0.1, 0.15) is 34.5 Å². The van der Waals surface area contributed by atoms with E-state index in [1.807, 2.05) is 0 Å². The zero-order valence-corrected chi connectivity index (χ0v) is 18.1. The molecule has 16 heteroatoms. The van der Waals surface area contributed by atoms with Gasteiger partial charge in [-0.2, -0.15) is 50.1 Å². The quantitative estimate of drug-likeness (QED) is 0.479. The number of aromatic nitrogens is 5. The van der Waals surface area contributed by atoms with E-state index in [1.165, 1.54) is 18.2 Å². The van der Waals surface area contributed by atoms with Gasteiger partial charge in [0, 0.05) is 13.1 Å². The minimum atomic E-state index is -6.32. The topological polar surface area (TPSA) is 77.6 Å². The van der Waals surface area contributed by atoms with E-state index in [1.54, 1.807) is 0 Å². The molecule has 1 saturated carbocycles. The van der Waals surface area contributed by atoms with Crippen LogP contribution in [0.2, 0.25) is 5.02 Å². The molecule has 7 nitrogen and oxygen atoms in total. The Kier molecular flexibility index (Phi) is 5.81. The highest BCUT2D eigenvalue weighted by Gasteiger charge is 2.64. The van der Waals surface area contributed by atoms with Crippen LogP contribution in [0.4, 0.5) is 35.1 Å². The molecule has 0 spiro atoms. The molecule has 0 bridgehead atoms. The lowest BCUT2D eigenvalue weighted by atomic mass is 10.1. The first kappa shape index (κ1) is 24.9. The summed E-state index contributed by atoms with van der Waals surface area (Å²) in [5, 5.41) is 13.2. The number of carbonyl (C=O) groups is 1. The number of alkyl halides is 8. The number of rotatable bonds is 5. The first-order valence-corrected chi connectivity index (χ1v) is 10.1. The molecule has 0 saturated heterocycles. The average Bonchev–Trinajstić information content (AvgIpc) is 3.27. The molecule has 1 fully saturated rings. The van der Waals surface area contributed by atoms with Crippen molar-refractivity contribution in [2.75, 3.05) is 0 Å². The predicted molar refractivity (Wildman–Crippen MR) is 104 cm³/mol. The van der Waals surface area contributed by atoms with Crippen LogP contribution in [0.3, 0.4) is 0 Å². The van der Waals surface area contributed by atoms with Gasteiger partial charge >= 0.3 is 18.3 Å². The van der Waals surface area contributed by atoms with Crippen molar-refractivity contribution in [3.8, 4) is 17.1 Å². The van der Waals surface area contributed by atoms with Gasteiger partial charge in [0.05, 0.1) is 22.5 Å². The van der Waals surface area contributed by atoms with E-state index in [4.69, 9.17) is 11.6 Å². The van der Waals surface area contributed by atoms with Crippen molar-refractivity contribution >= 4 is 17.5 Å². The maximum Gasteiger partial charge on any atom is 0.459 e. The molecule has 0 atom stereocenters. The molecule has 2 heterocycles. The van der Waals surface area contributed by atoms with Crippen molar-refractivity contribution in [2.45, 2.75) is 37.2 Å². The zero-order chi connectivity index (χ0) is 25.9. The van der Waals surface area contributed by atoms with Crippen LogP contribution < -0.4 is 5.32 Å². The molecule has 2 aromatic heterocycles. The van der Waals surface area contributed by atoms with Crippen molar-refractivity contribution in [1.82, 2.24) is 30.1 Å². The molecule has 188 valence electrons. The van der Waals surface area contributed by atoms with Crippen LogP contribution in [-0.2, 0) is 19.1 Å². The molecule has 1 aliphatic rings. The fourth-order valence-corrected chi connectivity index (χ4v) is 3.44. The third-order valence-electron chi connectivity index (χ3n) is 5.06. The predicted octanol–water partition coefficient (Wildman–Crippen LogP) is 4.89. The molecule has 35 heavy (non-hydrogen) atoms. The number of amides is 1. The summed E-state index contributed by atoms with van der Waals surface area (Å²) < 4.78 is 108. The fourth-order valence-electron chi connectivity index (χ4n) is 3.24. The first-order chi connectivity index (χ1) is 16.1. The van der Waals surface area contributed by atoms with E-state index in [0.29, 0.717) is 0 Å². The highest BCUT2D eigenvalue weighted by atomic mass is 35.5. The van der Waals surface area contributed by atoms with Gasteiger partial charge in [0.2, 0.25) is 0 Å². The van der Waals surface area contributed by atoms with Gasteiger partial charge in [-0.1, -0.05) is 11.6 Å². The van der Waals surface area contributed by atoms with E-state index >= 15 is 0 Å². The Bertz CT molecular complexity index is 1290. The molecule has 0 unspecified atom stereocenters. The number of hydrogen-bond donors (Lipinski definition) is 1. The monoisotopic (exact) mass is 528 g/mol. The summed E-state index contributed by atoms with van der Waals surface area (Å²) in [6.07, 6.45) is -9.62. The fraction of sp³-hybridized carbons (Fsp3) is 0.368. The number of hydrogen-bond acceptors (Lipinski definition) is 4. The summed E-state index contributed by atoms with van der Waals surface area (Å²) in [7, 11) is 0.766. The Morgan fingerprint density at radius 3 is 2.31 bits per heavy atom. The molecule has 1 N–H and O–H groups in total. The molecule has 1 aliphatic carbocycles. The third-order valence-corrected chi connectivity index (χ3v) is 5.39. The summed E-state index contributed by atoms with van der Waals surface area (Å²) in [6, 6.07) is 3.90. The van der Waals surface area contributed by atoms with Crippen LogP contribution in [0.15, 0.2) is 24.4 Å². The Labute approximate surface area is 195 Å². The minimum absolute atomic E-state index is 0.00584. The van der Waals surface area contributed by atoms with Crippen LogP contribution in [0.25, 0.3) is 17.1 Å². The Morgan fingerprint density at radius 2 is 1.74 bits per heavy atom. The Balaban J connectivity index is 1.79. The van der Waals surface area contributed by atoms with Gasteiger partial charge < -0.3 is 5.32 Å². The van der Waals surface area contributed by atoms with E-state index in [-0.39, 0.29) is 27.0 Å². The van der Waals surface area contributed by atoms with Gasteiger partial charge in [0.15, 0.2) is 5.69 Å².